The number of rotatable bonds is 3. The number of nitrogens with one attached hydrogen (secondary N) is 1. The molecule has 0 bridgehead atoms. The number of carbonyl (C=O) groups excluding carboxylic acids is 2. The zero-order valence-electron chi connectivity index (χ0n) is 19.1. The fourth-order valence-electron chi connectivity index (χ4n) is 5.80. The Labute approximate surface area is 189 Å². The quantitative estimate of drug-likeness (QED) is 0.704. The molecule has 7 nitrogen and oxygen atoms in total. The van der Waals surface area contributed by atoms with Crippen molar-refractivity contribution in [3.8, 4) is 0 Å². The molecule has 176 valence electrons. The predicted molar refractivity (Wildman–Crippen MR) is 119 cm³/mol. The molecule has 2 heterocycles. The molecule has 4 rings (SSSR count). The minimum Gasteiger partial charge on any atom is -0.452 e. The first-order valence-corrected chi connectivity index (χ1v) is 11.8. The molecule has 1 spiro atoms. The number of amides is 2. The molecule has 1 N–H and O–H groups in total. The third-order valence-corrected chi connectivity index (χ3v) is 7.44. The first kappa shape index (κ1) is 22.8. The number of ether oxygens (including phenoxy) is 2. The number of nitrogens with zero attached hydrogens (tertiary/aromatic N) is 2. The van der Waals surface area contributed by atoms with Gasteiger partial charge in [0.05, 0.1) is 19.4 Å². The third kappa shape index (κ3) is 4.56. The van der Waals surface area contributed by atoms with Crippen LogP contribution in [-0.2, 0) is 14.9 Å². The summed E-state index contributed by atoms with van der Waals surface area (Å²) in [5.74, 6) is -0.270. The lowest BCUT2D eigenvalue weighted by molar-refractivity contribution is 0.102. The number of alkyl carbamates (subject to hydrolysis) is 1. The van der Waals surface area contributed by atoms with E-state index in [0.717, 1.165) is 69.3 Å². The Morgan fingerprint density at radius 2 is 1.97 bits per heavy atom. The third-order valence-electron chi connectivity index (χ3n) is 7.44. The van der Waals surface area contributed by atoms with Crippen LogP contribution in [0.2, 0.25) is 0 Å². The summed E-state index contributed by atoms with van der Waals surface area (Å²) in [7, 11) is 1.38. The number of fused-ring (bicyclic) bond motifs is 2. The summed E-state index contributed by atoms with van der Waals surface area (Å²) in [6.07, 6.45) is 6.28. The molecule has 2 unspecified atom stereocenters. The maximum absolute atomic E-state index is 14.1. The predicted octanol–water partition coefficient (Wildman–Crippen LogP) is 4.19. The topological polar surface area (TPSA) is 71.1 Å². The van der Waals surface area contributed by atoms with Gasteiger partial charge in [0.2, 0.25) is 0 Å². The van der Waals surface area contributed by atoms with Gasteiger partial charge < -0.3 is 19.7 Å². The highest BCUT2D eigenvalue weighted by Crippen LogP contribution is 2.48. The minimum atomic E-state index is -0.395. The summed E-state index contributed by atoms with van der Waals surface area (Å²) < 4.78 is 24.2. The molecule has 2 fully saturated rings. The van der Waals surface area contributed by atoms with Crippen LogP contribution in [0.4, 0.5) is 19.7 Å². The Morgan fingerprint density at radius 1 is 1.22 bits per heavy atom. The molecule has 3 aliphatic rings. The van der Waals surface area contributed by atoms with Gasteiger partial charge in [0.15, 0.2) is 0 Å². The number of anilines is 1. The van der Waals surface area contributed by atoms with Crippen LogP contribution >= 0.6 is 0 Å². The average molecular weight is 448 g/mol. The van der Waals surface area contributed by atoms with E-state index in [0.29, 0.717) is 19.2 Å². The van der Waals surface area contributed by atoms with Crippen molar-refractivity contribution in [3.05, 3.63) is 29.6 Å². The van der Waals surface area contributed by atoms with Crippen LogP contribution in [0.25, 0.3) is 0 Å². The monoisotopic (exact) mass is 447 g/mol. The van der Waals surface area contributed by atoms with Crippen molar-refractivity contribution in [2.24, 2.45) is 0 Å². The van der Waals surface area contributed by atoms with Crippen molar-refractivity contribution in [2.45, 2.75) is 69.4 Å². The van der Waals surface area contributed by atoms with Crippen molar-refractivity contribution in [1.82, 2.24) is 10.2 Å². The van der Waals surface area contributed by atoms with Crippen molar-refractivity contribution >= 4 is 17.9 Å². The Balaban J connectivity index is 1.45. The molecule has 1 saturated carbocycles. The molecule has 1 aromatic carbocycles. The lowest BCUT2D eigenvalue weighted by Gasteiger charge is -2.43. The van der Waals surface area contributed by atoms with Gasteiger partial charge in [-0.1, -0.05) is 12.8 Å². The Bertz CT molecular complexity index is 841. The number of likely N-dealkylation sites (tertiary alicyclic amines) is 1. The number of carbonyl (C=O) groups is 2. The fraction of sp³-hybridized carbons (Fsp3) is 0.667. The average Bonchev–Trinajstić information content (AvgIpc) is 2.92. The first-order chi connectivity index (χ1) is 15.5. The van der Waals surface area contributed by atoms with Crippen molar-refractivity contribution in [1.29, 1.82) is 0 Å². The first-order valence-electron chi connectivity index (χ1n) is 11.8. The minimum absolute atomic E-state index is 0.133. The van der Waals surface area contributed by atoms with Crippen LogP contribution in [0.5, 0.6) is 0 Å². The Morgan fingerprint density at radius 3 is 2.69 bits per heavy atom. The highest BCUT2D eigenvalue weighted by atomic mass is 19.1. The van der Waals surface area contributed by atoms with E-state index in [-0.39, 0.29) is 23.4 Å². The summed E-state index contributed by atoms with van der Waals surface area (Å²) in [5, 5.41) is 3.03. The van der Waals surface area contributed by atoms with Crippen LogP contribution in [0.1, 0.15) is 57.4 Å². The largest absolute Gasteiger partial charge is 0.452 e. The summed E-state index contributed by atoms with van der Waals surface area (Å²) in [6, 6.07) is 5.24. The van der Waals surface area contributed by atoms with E-state index in [1.165, 1.54) is 13.2 Å². The molecule has 2 atom stereocenters. The summed E-state index contributed by atoms with van der Waals surface area (Å²) in [5.41, 5.74) is 1.44. The molecule has 1 saturated heterocycles. The molecule has 8 heteroatoms. The van der Waals surface area contributed by atoms with Crippen molar-refractivity contribution < 1.29 is 23.5 Å². The molecule has 1 aliphatic carbocycles. The van der Waals surface area contributed by atoms with Gasteiger partial charge in [0, 0.05) is 24.0 Å². The van der Waals surface area contributed by atoms with Crippen molar-refractivity contribution in [2.75, 3.05) is 38.3 Å². The molecular formula is C24H34FN3O4. The van der Waals surface area contributed by atoms with E-state index in [9.17, 15) is 14.0 Å². The van der Waals surface area contributed by atoms with Gasteiger partial charge in [-0.05, 0) is 75.9 Å². The highest BCUT2D eigenvalue weighted by molar-refractivity contribution is 5.91. The number of hydrogen-bond donors (Lipinski definition) is 1. The van der Waals surface area contributed by atoms with Crippen LogP contribution in [0.3, 0.4) is 0 Å². The van der Waals surface area contributed by atoms with Crippen LogP contribution < -0.4 is 10.2 Å². The van der Waals surface area contributed by atoms with E-state index < -0.39 is 6.09 Å². The van der Waals surface area contributed by atoms with Gasteiger partial charge in [-0.2, -0.15) is 0 Å². The number of halogens is 1. The second-order valence-corrected chi connectivity index (χ2v) is 9.27. The summed E-state index contributed by atoms with van der Waals surface area (Å²) in [4.78, 5) is 28.4. The summed E-state index contributed by atoms with van der Waals surface area (Å²) in [6.45, 7) is 4.50. The normalized spacial score (nSPS) is 25.2. The van der Waals surface area contributed by atoms with Crippen LogP contribution in [0.15, 0.2) is 18.2 Å². The number of hydrogen-bond acceptors (Lipinski definition) is 5. The lowest BCUT2D eigenvalue weighted by Crippen LogP contribution is -2.50. The smallest absolute Gasteiger partial charge is 0.414 e. The number of piperidine rings is 1. The maximum atomic E-state index is 14.1. The van der Waals surface area contributed by atoms with Gasteiger partial charge in [0.25, 0.3) is 0 Å². The molecule has 2 amide bonds. The van der Waals surface area contributed by atoms with Gasteiger partial charge >= 0.3 is 12.2 Å². The van der Waals surface area contributed by atoms with Gasteiger partial charge in [-0.15, -0.1) is 0 Å². The SMILES string of the molecule is CCOC(=O)NC1CCCCC(N2CCC3(CC2)CN(C(=O)OC)c2ccc(F)cc23)C1. The van der Waals surface area contributed by atoms with Crippen molar-refractivity contribution in [3.63, 3.8) is 0 Å². The molecule has 1 aromatic rings. The van der Waals surface area contributed by atoms with E-state index >= 15 is 0 Å². The molecule has 32 heavy (non-hydrogen) atoms. The lowest BCUT2D eigenvalue weighted by atomic mass is 9.74. The molecule has 0 aromatic heterocycles. The zero-order chi connectivity index (χ0) is 22.7. The Kier molecular flexibility index (Phi) is 6.88. The Hall–Kier alpha value is -2.35. The van der Waals surface area contributed by atoms with Crippen LogP contribution in [0, 0.1) is 5.82 Å². The second-order valence-electron chi connectivity index (χ2n) is 9.27. The maximum Gasteiger partial charge on any atom is 0.414 e. The van der Waals surface area contributed by atoms with E-state index in [2.05, 4.69) is 10.2 Å². The van der Waals surface area contributed by atoms with Gasteiger partial charge in [-0.3, -0.25) is 4.90 Å². The molecule has 0 radical (unpaired) electrons. The number of benzene rings is 1. The fourth-order valence-corrected chi connectivity index (χ4v) is 5.80. The van der Waals surface area contributed by atoms with E-state index in [1.54, 1.807) is 17.0 Å². The molecular weight excluding hydrogens is 413 g/mol. The van der Waals surface area contributed by atoms with E-state index in [4.69, 9.17) is 9.47 Å². The highest BCUT2D eigenvalue weighted by Gasteiger charge is 2.47. The number of methoxy groups -OCH3 is 1. The summed E-state index contributed by atoms with van der Waals surface area (Å²) >= 11 is 0. The van der Waals surface area contributed by atoms with Gasteiger partial charge in [0.1, 0.15) is 5.82 Å². The molecule has 2 aliphatic heterocycles. The van der Waals surface area contributed by atoms with Gasteiger partial charge in [-0.25, -0.2) is 14.0 Å². The second kappa shape index (κ2) is 9.65. The zero-order valence-corrected chi connectivity index (χ0v) is 19.1. The van der Waals surface area contributed by atoms with E-state index in [1.807, 2.05) is 6.92 Å². The van der Waals surface area contributed by atoms with Crippen LogP contribution in [-0.4, -0.2) is 62.5 Å². The standard InChI is InChI=1S/C24H34FN3O4/c1-3-32-22(29)26-18-6-4-5-7-19(15-18)27-12-10-24(11-13-27)16-28(23(30)31-2)21-9-8-17(25)14-20(21)24/h8-9,14,18-19H,3-7,10-13,15-16H2,1-2H3,(H,26,29).